The SMILES string of the molecule is O=C(N[C@@H]1C[C@H](C(=O)NCCCc2ncc[nH]2)C[C@H]1O)c1cccn1C1CC1. The number of hydrogen-bond donors (Lipinski definition) is 4. The Kier molecular flexibility index (Phi) is 5.47. The van der Waals surface area contributed by atoms with Crippen molar-refractivity contribution in [2.75, 3.05) is 6.54 Å². The molecule has 0 radical (unpaired) electrons. The molecule has 2 aromatic rings. The third-order valence-corrected chi connectivity index (χ3v) is 5.61. The van der Waals surface area contributed by atoms with Crippen LogP contribution in [0.4, 0.5) is 0 Å². The fraction of sp³-hybridized carbons (Fsp3) is 0.550. The van der Waals surface area contributed by atoms with Gasteiger partial charge in [-0.2, -0.15) is 0 Å². The van der Waals surface area contributed by atoms with Gasteiger partial charge in [-0.25, -0.2) is 4.98 Å². The second kappa shape index (κ2) is 8.18. The molecule has 3 atom stereocenters. The Morgan fingerprint density at radius 1 is 1.32 bits per heavy atom. The number of amides is 2. The molecule has 2 aliphatic carbocycles. The second-order valence-corrected chi connectivity index (χ2v) is 7.78. The van der Waals surface area contributed by atoms with Gasteiger partial charge in [0.1, 0.15) is 11.5 Å². The van der Waals surface area contributed by atoms with Crippen molar-refractivity contribution in [3.8, 4) is 0 Å². The van der Waals surface area contributed by atoms with E-state index in [1.165, 1.54) is 0 Å². The molecule has 2 saturated carbocycles. The van der Waals surface area contributed by atoms with Crippen molar-refractivity contribution in [2.24, 2.45) is 5.92 Å². The van der Waals surface area contributed by atoms with Crippen molar-refractivity contribution >= 4 is 11.8 Å². The van der Waals surface area contributed by atoms with Crippen LogP contribution in [-0.2, 0) is 11.2 Å². The highest BCUT2D eigenvalue weighted by Crippen LogP contribution is 2.36. The summed E-state index contributed by atoms with van der Waals surface area (Å²) in [4.78, 5) is 32.2. The maximum Gasteiger partial charge on any atom is 0.268 e. The molecule has 0 spiro atoms. The van der Waals surface area contributed by atoms with E-state index < -0.39 is 12.1 Å². The van der Waals surface area contributed by atoms with Gasteiger partial charge in [0.05, 0.1) is 12.1 Å². The Balaban J connectivity index is 1.23. The number of aromatic nitrogens is 3. The Labute approximate surface area is 163 Å². The van der Waals surface area contributed by atoms with Crippen LogP contribution in [0.5, 0.6) is 0 Å². The molecule has 2 fully saturated rings. The van der Waals surface area contributed by atoms with Gasteiger partial charge < -0.3 is 25.3 Å². The van der Waals surface area contributed by atoms with Gasteiger partial charge in [-0.3, -0.25) is 9.59 Å². The van der Waals surface area contributed by atoms with Crippen molar-refractivity contribution in [3.63, 3.8) is 0 Å². The number of rotatable bonds is 8. The normalized spacial score (nSPS) is 24.2. The van der Waals surface area contributed by atoms with E-state index in [2.05, 4.69) is 20.6 Å². The molecule has 2 aromatic heterocycles. The molecule has 28 heavy (non-hydrogen) atoms. The van der Waals surface area contributed by atoms with E-state index in [1.54, 1.807) is 18.5 Å². The van der Waals surface area contributed by atoms with Gasteiger partial charge >= 0.3 is 0 Å². The topological polar surface area (TPSA) is 112 Å². The van der Waals surface area contributed by atoms with Crippen LogP contribution in [0.25, 0.3) is 0 Å². The third kappa shape index (κ3) is 4.27. The standard InChI is InChI=1S/C20H27N5O3/c26-17-12-13(19(27)23-7-1-4-18-21-8-9-22-18)11-15(17)24-20(28)16-3-2-10-25(16)14-5-6-14/h2-3,8-10,13-15,17,26H,1,4-7,11-12H2,(H,21,22)(H,23,27)(H,24,28)/t13-,15+,17+/m0/s1. The zero-order valence-electron chi connectivity index (χ0n) is 15.8. The lowest BCUT2D eigenvalue weighted by molar-refractivity contribution is -0.125. The van der Waals surface area contributed by atoms with Crippen LogP contribution in [0.2, 0.25) is 0 Å². The third-order valence-electron chi connectivity index (χ3n) is 5.61. The first kappa shape index (κ1) is 18.7. The summed E-state index contributed by atoms with van der Waals surface area (Å²) in [5.74, 6) is 0.389. The van der Waals surface area contributed by atoms with Crippen molar-refractivity contribution in [3.05, 3.63) is 42.2 Å². The summed E-state index contributed by atoms with van der Waals surface area (Å²) in [6, 6.07) is 3.70. The first-order valence-corrected chi connectivity index (χ1v) is 10.0. The Hall–Kier alpha value is -2.61. The van der Waals surface area contributed by atoms with E-state index >= 15 is 0 Å². The molecule has 8 heteroatoms. The number of aryl methyl sites for hydroxylation is 1. The first-order valence-electron chi connectivity index (χ1n) is 10.0. The fourth-order valence-corrected chi connectivity index (χ4v) is 3.93. The van der Waals surface area contributed by atoms with Gasteiger partial charge in [0.25, 0.3) is 5.91 Å². The number of H-pyrrole nitrogens is 1. The number of aliphatic hydroxyl groups is 1. The number of aromatic amines is 1. The number of imidazole rings is 1. The minimum atomic E-state index is -0.702. The van der Waals surface area contributed by atoms with E-state index in [0.717, 1.165) is 31.5 Å². The van der Waals surface area contributed by atoms with E-state index in [-0.39, 0.29) is 17.7 Å². The average Bonchev–Trinajstić information content (AvgIpc) is 3.09. The van der Waals surface area contributed by atoms with Crippen LogP contribution in [-0.4, -0.2) is 50.1 Å². The summed E-state index contributed by atoms with van der Waals surface area (Å²) >= 11 is 0. The number of aliphatic hydroxyl groups excluding tert-OH is 1. The summed E-state index contributed by atoms with van der Waals surface area (Å²) in [6.45, 7) is 0.568. The molecular weight excluding hydrogens is 358 g/mol. The Bertz CT molecular complexity index is 812. The average molecular weight is 385 g/mol. The molecule has 4 rings (SSSR count). The summed E-state index contributed by atoms with van der Waals surface area (Å²) in [6.07, 6.45) is 9.33. The van der Waals surface area contributed by atoms with Crippen molar-refractivity contribution < 1.29 is 14.7 Å². The Morgan fingerprint density at radius 3 is 2.93 bits per heavy atom. The highest BCUT2D eigenvalue weighted by atomic mass is 16.3. The molecule has 0 unspecified atom stereocenters. The highest BCUT2D eigenvalue weighted by molar-refractivity contribution is 5.93. The van der Waals surface area contributed by atoms with Crippen LogP contribution in [0, 0.1) is 5.92 Å². The van der Waals surface area contributed by atoms with Crippen molar-refractivity contribution in [2.45, 2.75) is 56.7 Å². The zero-order valence-corrected chi connectivity index (χ0v) is 15.8. The van der Waals surface area contributed by atoms with E-state index in [1.807, 2.05) is 16.8 Å². The largest absolute Gasteiger partial charge is 0.391 e. The molecule has 0 aromatic carbocycles. The monoisotopic (exact) mass is 385 g/mol. The highest BCUT2D eigenvalue weighted by Gasteiger charge is 2.38. The van der Waals surface area contributed by atoms with Gasteiger partial charge in [0.15, 0.2) is 0 Å². The predicted octanol–water partition coefficient (Wildman–Crippen LogP) is 1.16. The van der Waals surface area contributed by atoms with Crippen LogP contribution in [0.3, 0.4) is 0 Å². The smallest absolute Gasteiger partial charge is 0.268 e. The number of nitrogens with one attached hydrogen (secondary N) is 3. The maximum atomic E-state index is 12.6. The van der Waals surface area contributed by atoms with Gasteiger partial charge in [0.2, 0.25) is 5.91 Å². The quantitative estimate of drug-likeness (QED) is 0.511. The van der Waals surface area contributed by atoms with Crippen LogP contribution in [0.1, 0.15) is 54.5 Å². The minimum absolute atomic E-state index is 0.0587. The summed E-state index contributed by atoms with van der Waals surface area (Å²) in [5.41, 5.74) is 0.625. The number of hydrogen-bond acceptors (Lipinski definition) is 4. The van der Waals surface area contributed by atoms with Crippen LogP contribution in [0.15, 0.2) is 30.7 Å². The lowest BCUT2D eigenvalue weighted by Crippen LogP contribution is -2.40. The molecule has 0 saturated heterocycles. The maximum absolute atomic E-state index is 12.6. The number of carbonyl (C=O) groups excluding carboxylic acids is 2. The summed E-state index contributed by atoms with van der Waals surface area (Å²) < 4.78 is 2.00. The number of carbonyl (C=O) groups is 2. The summed E-state index contributed by atoms with van der Waals surface area (Å²) in [7, 11) is 0. The van der Waals surface area contributed by atoms with E-state index in [9.17, 15) is 14.7 Å². The van der Waals surface area contributed by atoms with Gasteiger partial charge in [-0.15, -0.1) is 0 Å². The second-order valence-electron chi connectivity index (χ2n) is 7.78. The molecule has 4 N–H and O–H groups in total. The first-order chi connectivity index (χ1) is 13.6. The lowest BCUT2D eigenvalue weighted by atomic mass is 10.1. The molecule has 2 amide bonds. The molecule has 8 nitrogen and oxygen atoms in total. The van der Waals surface area contributed by atoms with Crippen LogP contribution < -0.4 is 10.6 Å². The predicted molar refractivity (Wildman–Crippen MR) is 103 cm³/mol. The Morgan fingerprint density at radius 2 is 2.18 bits per heavy atom. The van der Waals surface area contributed by atoms with E-state index in [0.29, 0.717) is 31.1 Å². The summed E-state index contributed by atoms with van der Waals surface area (Å²) in [5, 5.41) is 16.2. The molecular formula is C20H27N5O3. The van der Waals surface area contributed by atoms with Gasteiger partial charge in [-0.1, -0.05) is 0 Å². The molecule has 2 aliphatic rings. The van der Waals surface area contributed by atoms with Crippen LogP contribution >= 0.6 is 0 Å². The molecule has 0 aliphatic heterocycles. The van der Waals surface area contributed by atoms with E-state index in [4.69, 9.17) is 0 Å². The van der Waals surface area contributed by atoms with Gasteiger partial charge in [-0.05, 0) is 44.2 Å². The lowest BCUT2D eigenvalue weighted by Gasteiger charge is -2.17. The van der Waals surface area contributed by atoms with Crippen molar-refractivity contribution in [1.82, 2.24) is 25.2 Å². The zero-order chi connectivity index (χ0) is 19.5. The van der Waals surface area contributed by atoms with Crippen molar-refractivity contribution in [1.29, 1.82) is 0 Å². The number of nitrogens with zero attached hydrogens (tertiary/aromatic N) is 2. The molecule has 0 bridgehead atoms. The molecule has 2 heterocycles. The minimum Gasteiger partial charge on any atom is -0.391 e. The van der Waals surface area contributed by atoms with Gasteiger partial charge in [0, 0.05) is 43.5 Å². The fourth-order valence-electron chi connectivity index (χ4n) is 3.93. The molecule has 150 valence electrons.